The number of hydrogen-bond acceptors (Lipinski definition) is 5. The Morgan fingerprint density at radius 1 is 1.38 bits per heavy atom. The maximum atomic E-state index is 11.6. The molecule has 3 rings (SSSR count). The van der Waals surface area contributed by atoms with Gasteiger partial charge >= 0.3 is 0 Å². The van der Waals surface area contributed by atoms with Gasteiger partial charge in [-0.15, -0.1) is 0 Å². The largest absolute Gasteiger partial charge is 0.356 e. The average molecular weight is 305 g/mol. The van der Waals surface area contributed by atoms with E-state index in [1.165, 1.54) is 0 Å². The van der Waals surface area contributed by atoms with Crippen molar-refractivity contribution in [3.63, 3.8) is 0 Å². The number of rotatable bonds is 3. The SMILES string of the molecule is CN(c1cc(CN)c2ccccc2n1)C1CCS(=O)(=O)C1. The summed E-state index contributed by atoms with van der Waals surface area (Å²) in [5.74, 6) is 1.26. The Kier molecular flexibility index (Phi) is 3.59. The lowest BCUT2D eigenvalue weighted by Gasteiger charge is -2.25. The third kappa shape index (κ3) is 2.73. The van der Waals surface area contributed by atoms with Gasteiger partial charge < -0.3 is 10.6 Å². The molecule has 1 fully saturated rings. The third-order valence-corrected chi connectivity index (χ3v) is 5.88. The molecular weight excluding hydrogens is 286 g/mol. The zero-order valence-electron chi connectivity index (χ0n) is 12.0. The molecule has 6 heteroatoms. The summed E-state index contributed by atoms with van der Waals surface area (Å²) in [5, 5.41) is 1.05. The number of pyridine rings is 1. The van der Waals surface area contributed by atoms with Crippen molar-refractivity contribution in [2.45, 2.75) is 19.0 Å². The van der Waals surface area contributed by atoms with Crippen molar-refractivity contribution in [1.82, 2.24) is 4.98 Å². The van der Waals surface area contributed by atoms with Gasteiger partial charge in [-0.05, 0) is 24.1 Å². The fourth-order valence-corrected chi connectivity index (χ4v) is 4.62. The van der Waals surface area contributed by atoms with Crippen LogP contribution in [0.3, 0.4) is 0 Å². The number of aromatic nitrogens is 1. The molecule has 21 heavy (non-hydrogen) atoms. The minimum absolute atomic E-state index is 0.00529. The van der Waals surface area contributed by atoms with Crippen LogP contribution in [0.25, 0.3) is 10.9 Å². The molecule has 112 valence electrons. The van der Waals surface area contributed by atoms with Gasteiger partial charge in [-0.1, -0.05) is 18.2 Å². The summed E-state index contributed by atoms with van der Waals surface area (Å²) < 4.78 is 23.3. The number of nitrogens with two attached hydrogens (primary N) is 1. The number of sulfone groups is 1. The summed E-state index contributed by atoms with van der Waals surface area (Å²) in [6.07, 6.45) is 0.658. The number of hydrogen-bond donors (Lipinski definition) is 1. The van der Waals surface area contributed by atoms with E-state index in [1.54, 1.807) is 0 Å². The van der Waals surface area contributed by atoms with Crippen molar-refractivity contribution < 1.29 is 8.42 Å². The van der Waals surface area contributed by atoms with Crippen molar-refractivity contribution in [3.05, 3.63) is 35.9 Å². The standard InChI is InChI=1S/C15H19N3O2S/c1-18(12-6-7-21(19,20)10-12)15-8-11(9-16)13-4-2-3-5-14(13)17-15/h2-5,8,12H,6-7,9-10,16H2,1H3. The topological polar surface area (TPSA) is 76.3 Å². The Labute approximate surface area is 124 Å². The first-order chi connectivity index (χ1) is 10.00. The van der Waals surface area contributed by atoms with Gasteiger partial charge in [-0.3, -0.25) is 0 Å². The fourth-order valence-electron chi connectivity index (χ4n) is 2.85. The van der Waals surface area contributed by atoms with E-state index < -0.39 is 9.84 Å². The minimum Gasteiger partial charge on any atom is -0.356 e. The number of anilines is 1. The Hall–Kier alpha value is -1.66. The average Bonchev–Trinajstić information content (AvgIpc) is 2.85. The molecule has 5 nitrogen and oxygen atoms in total. The van der Waals surface area contributed by atoms with E-state index in [0.717, 1.165) is 22.3 Å². The van der Waals surface area contributed by atoms with Gasteiger partial charge in [-0.2, -0.15) is 0 Å². The maximum absolute atomic E-state index is 11.6. The quantitative estimate of drug-likeness (QED) is 0.925. The van der Waals surface area contributed by atoms with Crippen LogP contribution in [0.15, 0.2) is 30.3 Å². The second kappa shape index (κ2) is 5.27. The molecule has 2 N–H and O–H groups in total. The first kappa shape index (κ1) is 14.3. The van der Waals surface area contributed by atoms with E-state index >= 15 is 0 Å². The van der Waals surface area contributed by atoms with Gasteiger partial charge in [0.1, 0.15) is 5.82 Å². The van der Waals surface area contributed by atoms with E-state index in [-0.39, 0.29) is 17.5 Å². The monoisotopic (exact) mass is 305 g/mol. The number of nitrogens with zero attached hydrogens (tertiary/aromatic N) is 2. The molecule has 1 aromatic carbocycles. The van der Waals surface area contributed by atoms with Gasteiger partial charge in [0.25, 0.3) is 0 Å². The van der Waals surface area contributed by atoms with Gasteiger partial charge in [0.05, 0.1) is 17.0 Å². The van der Waals surface area contributed by atoms with E-state index in [4.69, 9.17) is 5.73 Å². The maximum Gasteiger partial charge on any atom is 0.152 e. The Morgan fingerprint density at radius 2 is 2.14 bits per heavy atom. The van der Waals surface area contributed by atoms with Crippen LogP contribution < -0.4 is 10.6 Å². The summed E-state index contributed by atoms with van der Waals surface area (Å²) in [4.78, 5) is 6.62. The normalized spacial score (nSPS) is 20.8. The summed E-state index contributed by atoms with van der Waals surface area (Å²) in [5.41, 5.74) is 7.76. The highest BCUT2D eigenvalue weighted by Gasteiger charge is 2.31. The van der Waals surface area contributed by atoms with E-state index in [1.807, 2.05) is 42.3 Å². The molecule has 1 unspecified atom stereocenters. The molecular formula is C15H19N3O2S. The summed E-state index contributed by atoms with van der Waals surface area (Å²) in [6.45, 7) is 0.437. The molecule has 0 amide bonds. The van der Waals surface area contributed by atoms with Crippen LogP contribution in [0.4, 0.5) is 5.82 Å². The third-order valence-electron chi connectivity index (χ3n) is 4.13. The Balaban J connectivity index is 2.00. The lowest BCUT2D eigenvalue weighted by atomic mass is 10.1. The predicted octanol–water partition coefficient (Wildman–Crippen LogP) is 1.32. The molecule has 2 aromatic rings. The molecule has 0 saturated carbocycles. The molecule has 1 saturated heterocycles. The minimum atomic E-state index is -2.90. The van der Waals surface area contributed by atoms with Gasteiger partial charge in [0, 0.05) is 25.0 Å². The van der Waals surface area contributed by atoms with Crippen molar-refractivity contribution >= 4 is 26.6 Å². The van der Waals surface area contributed by atoms with Crippen LogP contribution in [-0.4, -0.2) is 38.0 Å². The second-order valence-electron chi connectivity index (χ2n) is 5.53. The highest BCUT2D eigenvalue weighted by Crippen LogP contribution is 2.26. The molecule has 1 aliphatic heterocycles. The van der Waals surface area contributed by atoms with Crippen LogP contribution in [-0.2, 0) is 16.4 Å². The molecule has 2 heterocycles. The van der Waals surface area contributed by atoms with Crippen molar-refractivity contribution in [2.24, 2.45) is 5.73 Å². The lowest BCUT2D eigenvalue weighted by Crippen LogP contribution is -2.33. The zero-order valence-corrected chi connectivity index (χ0v) is 12.8. The van der Waals surface area contributed by atoms with Crippen molar-refractivity contribution in [1.29, 1.82) is 0 Å². The smallest absolute Gasteiger partial charge is 0.152 e. The predicted molar refractivity (Wildman–Crippen MR) is 85.1 cm³/mol. The van der Waals surface area contributed by atoms with E-state index in [2.05, 4.69) is 4.98 Å². The molecule has 1 atom stereocenters. The summed E-state index contributed by atoms with van der Waals surface area (Å²) in [7, 11) is -0.995. The fraction of sp³-hybridized carbons (Fsp3) is 0.400. The summed E-state index contributed by atoms with van der Waals surface area (Å²) >= 11 is 0. The molecule has 0 radical (unpaired) electrons. The first-order valence-electron chi connectivity index (χ1n) is 7.02. The van der Waals surface area contributed by atoms with Gasteiger partial charge in [-0.25, -0.2) is 13.4 Å². The zero-order chi connectivity index (χ0) is 15.0. The number of fused-ring (bicyclic) bond motifs is 1. The molecule has 1 aliphatic rings. The Bertz CT molecular complexity index is 774. The Morgan fingerprint density at radius 3 is 2.81 bits per heavy atom. The van der Waals surface area contributed by atoms with Gasteiger partial charge in [0.15, 0.2) is 9.84 Å². The first-order valence-corrected chi connectivity index (χ1v) is 8.84. The van der Waals surface area contributed by atoms with Crippen LogP contribution >= 0.6 is 0 Å². The van der Waals surface area contributed by atoms with Crippen LogP contribution in [0.5, 0.6) is 0 Å². The number of benzene rings is 1. The molecule has 0 spiro atoms. The molecule has 0 bridgehead atoms. The number of para-hydroxylation sites is 1. The summed E-state index contributed by atoms with van der Waals surface area (Å²) in [6, 6.07) is 9.84. The van der Waals surface area contributed by atoms with E-state index in [9.17, 15) is 8.42 Å². The van der Waals surface area contributed by atoms with Crippen LogP contribution in [0, 0.1) is 0 Å². The van der Waals surface area contributed by atoms with Crippen molar-refractivity contribution in [3.8, 4) is 0 Å². The molecule has 0 aliphatic carbocycles. The van der Waals surface area contributed by atoms with Crippen molar-refractivity contribution in [2.75, 3.05) is 23.5 Å². The second-order valence-corrected chi connectivity index (χ2v) is 7.76. The van der Waals surface area contributed by atoms with Crippen LogP contribution in [0.1, 0.15) is 12.0 Å². The lowest BCUT2D eigenvalue weighted by molar-refractivity contribution is 0.600. The van der Waals surface area contributed by atoms with Gasteiger partial charge in [0.2, 0.25) is 0 Å². The van der Waals surface area contributed by atoms with E-state index in [0.29, 0.717) is 13.0 Å². The molecule has 1 aromatic heterocycles. The highest BCUT2D eigenvalue weighted by molar-refractivity contribution is 7.91. The van der Waals surface area contributed by atoms with Crippen LogP contribution in [0.2, 0.25) is 0 Å². The highest BCUT2D eigenvalue weighted by atomic mass is 32.2.